The molecule has 1 aromatic carbocycles. The molecule has 29 heavy (non-hydrogen) atoms. The van der Waals surface area contributed by atoms with Gasteiger partial charge in [-0.2, -0.15) is 0 Å². The Kier molecular flexibility index (Phi) is 8.94. The zero-order valence-electron chi connectivity index (χ0n) is 19.3. The highest BCUT2D eigenvalue weighted by Crippen LogP contribution is 2.40. The minimum Gasteiger partial charge on any atom is -0.353 e. The molecule has 2 nitrogen and oxygen atoms in total. The normalized spacial score (nSPS) is 18.8. The van der Waals surface area contributed by atoms with E-state index in [0.29, 0.717) is 28.6 Å². The molecule has 2 atom stereocenters. The van der Waals surface area contributed by atoms with E-state index in [1.165, 1.54) is 0 Å². The zero-order valence-corrected chi connectivity index (χ0v) is 20.3. The Bertz CT molecular complexity index is 689. The maximum Gasteiger partial charge on any atom is 0.158 e. The van der Waals surface area contributed by atoms with Crippen LogP contribution in [-0.4, -0.2) is 21.0 Å². The Balaban J connectivity index is 2.25. The van der Waals surface area contributed by atoms with Crippen LogP contribution in [0.15, 0.2) is 18.2 Å². The van der Waals surface area contributed by atoms with Crippen LogP contribution in [0.3, 0.4) is 0 Å². The Morgan fingerprint density at radius 1 is 1.10 bits per heavy atom. The largest absolute Gasteiger partial charge is 0.353 e. The second-order valence-electron chi connectivity index (χ2n) is 9.21. The first-order chi connectivity index (χ1) is 13.7. The van der Waals surface area contributed by atoms with Crippen LogP contribution in [0.4, 0.5) is 4.39 Å². The quantitative estimate of drug-likeness (QED) is 0.339. The van der Waals surface area contributed by atoms with Crippen LogP contribution < -0.4 is 0 Å². The minimum absolute atomic E-state index is 0.220. The highest BCUT2D eigenvalue weighted by Gasteiger charge is 2.41. The lowest BCUT2D eigenvalue weighted by atomic mass is 10.0. The van der Waals surface area contributed by atoms with E-state index in [2.05, 4.69) is 53.0 Å². The van der Waals surface area contributed by atoms with E-state index in [4.69, 9.17) is 9.47 Å². The minimum atomic E-state index is -1.82. The first-order valence-electron chi connectivity index (χ1n) is 11.3. The van der Waals surface area contributed by atoms with Crippen molar-refractivity contribution in [3.63, 3.8) is 0 Å². The summed E-state index contributed by atoms with van der Waals surface area (Å²) >= 11 is 0. The molecule has 4 heteroatoms. The summed E-state index contributed by atoms with van der Waals surface area (Å²) in [5, 5.41) is 0. The van der Waals surface area contributed by atoms with E-state index >= 15 is 0 Å². The average molecular weight is 419 g/mol. The topological polar surface area (TPSA) is 18.5 Å². The molecule has 1 aliphatic heterocycles. The first-order valence-corrected chi connectivity index (χ1v) is 13.5. The van der Waals surface area contributed by atoms with Crippen LogP contribution >= 0.6 is 0 Å². The van der Waals surface area contributed by atoms with Gasteiger partial charge in [0, 0.05) is 17.7 Å². The van der Waals surface area contributed by atoms with Gasteiger partial charge in [0.2, 0.25) is 0 Å². The monoisotopic (exact) mass is 418 g/mol. The molecule has 0 bridgehead atoms. The van der Waals surface area contributed by atoms with Gasteiger partial charge in [0.25, 0.3) is 0 Å². The van der Waals surface area contributed by atoms with E-state index in [1.807, 2.05) is 19.1 Å². The van der Waals surface area contributed by atoms with Crippen molar-refractivity contribution in [2.75, 3.05) is 6.61 Å². The molecule has 162 valence electrons. The van der Waals surface area contributed by atoms with E-state index in [1.54, 1.807) is 6.07 Å². The Morgan fingerprint density at radius 3 is 2.24 bits per heavy atom. The second kappa shape index (κ2) is 10.7. The van der Waals surface area contributed by atoms with Gasteiger partial charge in [-0.3, -0.25) is 0 Å². The summed E-state index contributed by atoms with van der Waals surface area (Å²) in [7, 11) is -1.82. The summed E-state index contributed by atoms with van der Waals surface area (Å²) in [6.45, 7) is 16.5. The molecule has 1 heterocycles. The van der Waals surface area contributed by atoms with Gasteiger partial charge in [-0.05, 0) is 54.4 Å². The van der Waals surface area contributed by atoms with Crippen molar-refractivity contribution >= 4 is 8.07 Å². The van der Waals surface area contributed by atoms with Crippen LogP contribution in [0.1, 0.15) is 91.4 Å². The molecule has 1 saturated heterocycles. The molecular formula is C25H39FO2Si. The number of rotatable bonds is 7. The number of hydrogen-bond donors (Lipinski definition) is 0. The average Bonchev–Trinajstić information content (AvgIpc) is 2.67. The molecule has 0 aromatic heterocycles. The fourth-order valence-corrected chi connectivity index (χ4v) is 10.1. The fraction of sp³-hybridized carbons (Fsp3) is 0.680. The smallest absolute Gasteiger partial charge is 0.158 e. The summed E-state index contributed by atoms with van der Waals surface area (Å²) in [5.41, 5.74) is 6.72. The van der Waals surface area contributed by atoms with Crippen LogP contribution in [-0.2, 0) is 9.47 Å². The standard InChI is InChI=1S/C25H39FO2Si/c1-8-24(28-25-11-9-10-15-27-25)22-13-12-21(17-23(22)26)14-16-29(18(2)3,19(4)5)20(6)7/h12-13,17-20,24-25H,8-11,15H2,1-7H3. The Hall–Kier alpha value is -1.15. The SMILES string of the molecule is CCC(OC1CCCCO1)c1ccc(C#C[Si](C(C)C)(C(C)C)C(C)C)cc1F. The summed E-state index contributed by atoms with van der Waals surface area (Å²) in [4.78, 5) is 0. The van der Waals surface area contributed by atoms with E-state index < -0.39 is 8.07 Å². The van der Waals surface area contributed by atoms with E-state index in [0.717, 1.165) is 31.4 Å². The Morgan fingerprint density at radius 2 is 1.76 bits per heavy atom. The second-order valence-corrected chi connectivity index (χ2v) is 14.8. The Labute approximate surface area is 178 Å². The number of benzene rings is 1. The number of halogens is 1. The van der Waals surface area contributed by atoms with Gasteiger partial charge >= 0.3 is 0 Å². The molecule has 0 saturated carbocycles. The van der Waals surface area contributed by atoms with Crippen molar-refractivity contribution in [3.05, 3.63) is 35.1 Å². The summed E-state index contributed by atoms with van der Waals surface area (Å²) in [6, 6.07) is 5.37. The lowest BCUT2D eigenvalue weighted by Crippen LogP contribution is -2.43. The lowest BCUT2D eigenvalue weighted by Gasteiger charge is -2.38. The number of ether oxygens (including phenoxy) is 2. The first kappa shape index (κ1) is 24.1. The van der Waals surface area contributed by atoms with Crippen molar-refractivity contribution in [1.29, 1.82) is 0 Å². The molecule has 2 unspecified atom stereocenters. The van der Waals surface area contributed by atoms with Crippen molar-refractivity contribution in [1.82, 2.24) is 0 Å². The molecule has 1 aromatic rings. The third-order valence-corrected chi connectivity index (χ3v) is 12.8. The third-order valence-electron chi connectivity index (χ3n) is 6.46. The van der Waals surface area contributed by atoms with Gasteiger partial charge in [0.15, 0.2) is 6.29 Å². The van der Waals surface area contributed by atoms with Gasteiger partial charge in [0.05, 0.1) is 6.10 Å². The van der Waals surface area contributed by atoms with E-state index in [-0.39, 0.29) is 18.2 Å². The third kappa shape index (κ3) is 5.72. The molecule has 0 N–H and O–H groups in total. The highest BCUT2D eigenvalue weighted by molar-refractivity contribution is 6.90. The zero-order chi connectivity index (χ0) is 21.6. The van der Waals surface area contributed by atoms with Crippen LogP contribution in [0.25, 0.3) is 0 Å². The lowest BCUT2D eigenvalue weighted by molar-refractivity contribution is -0.191. The summed E-state index contributed by atoms with van der Waals surface area (Å²) < 4.78 is 26.7. The molecule has 1 fully saturated rings. The van der Waals surface area contributed by atoms with Crippen LogP contribution in [0.2, 0.25) is 16.6 Å². The maximum atomic E-state index is 15.0. The van der Waals surface area contributed by atoms with Gasteiger partial charge in [-0.25, -0.2) is 4.39 Å². The predicted octanol–water partition coefficient (Wildman–Crippen LogP) is 7.39. The van der Waals surface area contributed by atoms with Gasteiger partial charge < -0.3 is 9.47 Å². The van der Waals surface area contributed by atoms with Crippen molar-refractivity contribution in [3.8, 4) is 11.5 Å². The molecule has 2 rings (SSSR count). The summed E-state index contributed by atoms with van der Waals surface area (Å²) in [5.74, 6) is 3.11. The molecule has 0 amide bonds. The molecule has 0 radical (unpaired) electrons. The summed E-state index contributed by atoms with van der Waals surface area (Å²) in [6.07, 6.45) is 3.27. The van der Waals surface area contributed by atoms with Gasteiger partial charge in [-0.15, -0.1) is 5.54 Å². The van der Waals surface area contributed by atoms with Crippen molar-refractivity contribution in [2.45, 2.75) is 103 Å². The van der Waals surface area contributed by atoms with Crippen molar-refractivity contribution < 1.29 is 13.9 Å². The maximum absolute atomic E-state index is 15.0. The fourth-order valence-electron chi connectivity index (χ4n) is 4.87. The molecular weight excluding hydrogens is 379 g/mol. The van der Waals surface area contributed by atoms with Crippen LogP contribution in [0, 0.1) is 17.3 Å². The van der Waals surface area contributed by atoms with Gasteiger partial charge in [-0.1, -0.05) is 60.5 Å². The predicted molar refractivity (Wildman–Crippen MR) is 122 cm³/mol. The van der Waals surface area contributed by atoms with Gasteiger partial charge in [0.1, 0.15) is 13.9 Å². The van der Waals surface area contributed by atoms with E-state index in [9.17, 15) is 4.39 Å². The molecule has 1 aliphatic rings. The molecule has 0 spiro atoms. The molecule has 0 aliphatic carbocycles. The van der Waals surface area contributed by atoms with Crippen LogP contribution in [0.5, 0.6) is 0 Å². The highest BCUT2D eigenvalue weighted by atomic mass is 28.3. The van der Waals surface area contributed by atoms with Crippen molar-refractivity contribution in [2.24, 2.45) is 0 Å². The number of hydrogen-bond acceptors (Lipinski definition) is 2.